The zero-order valence-corrected chi connectivity index (χ0v) is 44.0. The number of carbonyl (C=O) groups excluding carboxylic acids is 3. The van der Waals surface area contributed by atoms with Crippen molar-refractivity contribution < 1.29 is 55.5 Å². The zero-order valence-electron chi connectivity index (χ0n) is 43.1. The fraction of sp³-hybridized carbons (Fsp3) is 0.462. The number of hydrogen-bond donors (Lipinski definition) is 4. The maximum absolute atomic E-state index is 13.7. The van der Waals surface area contributed by atoms with Crippen LogP contribution < -0.4 is 36.7 Å². The molecular weight excluding hydrogens is 1000 g/mol. The number of carbonyl (C=O) groups is 3. The fourth-order valence-electron chi connectivity index (χ4n) is 8.37. The minimum atomic E-state index is -5.05. The Morgan fingerprint density at radius 2 is 1.43 bits per heavy atom. The van der Waals surface area contributed by atoms with Crippen LogP contribution >= 0.6 is 8.53 Å². The summed E-state index contributed by atoms with van der Waals surface area (Å²) in [6.07, 6.45) is -4.02. The van der Waals surface area contributed by atoms with E-state index in [1.54, 1.807) is 24.4 Å². The molecule has 75 heavy (non-hydrogen) atoms. The van der Waals surface area contributed by atoms with Gasteiger partial charge in [-0.3, -0.25) is 33.6 Å². The minimum Gasteiger partial charge on any atom is -0.497 e. The van der Waals surface area contributed by atoms with Crippen molar-refractivity contribution in [3.63, 3.8) is 0 Å². The van der Waals surface area contributed by atoms with Crippen molar-refractivity contribution in [2.45, 2.75) is 89.8 Å². The highest BCUT2D eigenvalue weighted by Crippen LogP contribution is 2.51. The number of aromatic nitrogens is 2. The lowest BCUT2D eigenvalue weighted by molar-refractivity contribution is -0.173. The van der Waals surface area contributed by atoms with E-state index in [9.17, 15) is 42.4 Å². The van der Waals surface area contributed by atoms with E-state index in [0.29, 0.717) is 11.5 Å². The van der Waals surface area contributed by atoms with Crippen molar-refractivity contribution >= 4 is 32.3 Å². The Balaban J connectivity index is 1.46. The van der Waals surface area contributed by atoms with Crippen molar-refractivity contribution in [3.8, 4) is 17.6 Å². The molecule has 406 valence electrons. The number of halogens is 3. The van der Waals surface area contributed by atoms with Gasteiger partial charge in [0.1, 0.15) is 29.4 Å². The molecule has 23 heteroatoms. The van der Waals surface area contributed by atoms with Crippen molar-refractivity contribution in [3.05, 3.63) is 134 Å². The van der Waals surface area contributed by atoms with Crippen molar-refractivity contribution in [1.29, 1.82) is 5.26 Å². The van der Waals surface area contributed by atoms with Gasteiger partial charge in [-0.05, 0) is 74.7 Å². The number of nitrogens with one attached hydrogen (secondary N) is 4. The lowest BCUT2D eigenvalue weighted by Gasteiger charge is -2.39. The number of nitrogens with zero attached hydrogens (tertiary/aromatic N) is 4. The van der Waals surface area contributed by atoms with E-state index in [2.05, 4.69) is 26.4 Å². The van der Waals surface area contributed by atoms with Gasteiger partial charge in [-0.1, -0.05) is 54.6 Å². The summed E-state index contributed by atoms with van der Waals surface area (Å²) >= 11 is 0. The summed E-state index contributed by atoms with van der Waals surface area (Å²) in [7, 11) is 1.32. The fourth-order valence-corrected chi connectivity index (χ4v) is 10.1. The van der Waals surface area contributed by atoms with Crippen molar-refractivity contribution in [1.82, 2.24) is 35.1 Å². The highest BCUT2D eigenvalue weighted by atomic mass is 31.2. The number of amides is 3. The van der Waals surface area contributed by atoms with Crippen LogP contribution in [0.5, 0.6) is 11.5 Å². The standard InChI is InChI=1S/C52H66F3N8O11P/c1-35(2)63(36(3)4)75(72-31-11-24-56)74-44-32-47(73-45(44)34-71-51(39-12-9-8-10-13-39,40-15-19-42(69-6)20-16-40)41-17-21-43(70-7)22-18-41)62-33-38(48(66)60-50(62)68)14-23-46(65)58-26-29-61(28-25-57-37(5)64)30-27-59-49(67)52(53,54)55/h8-10,12-23,33,35-36,44-45,47H,11,25-32,34H2,1-7H3,(H,57,64)(H,58,65)(H,59,67)(H,60,66,68)/b23-14+. The van der Waals surface area contributed by atoms with Crippen LogP contribution in [0.2, 0.25) is 0 Å². The molecule has 3 aromatic carbocycles. The van der Waals surface area contributed by atoms with E-state index in [1.165, 1.54) is 23.8 Å². The molecule has 4 unspecified atom stereocenters. The molecule has 4 atom stereocenters. The number of hydrogen-bond acceptors (Lipinski definition) is 14. The number of methoxy groups -OCH3 is 2. The highest BCUT2D eigenvalue weighted by molar-refractivity contribution is 7.44. The molecule has 0 saturated carbocycles. The maximum atomic E-state index is 13.7. The Hall–Kier alpha value is -6.44. The first-order valence-corrected chi connectivity index (χ1v) is 25.5. The van der Waals surface area contributed by atoms with Gasteiger partial charge in [-0.25, -0.2) is 9.46 Å². The second-order valence-corrected chi connectivity index (χ2v) is 19.2. The molecule has 0 bridgehead atoms. The molecule has 1 aliphatic heterocycles. The first-order valence-electron chi connectivity index (χ1n) is 24.3. The molecular formula is C52H66F3N8O11P. The lowest BCUT2D eigenvalue weighted by atomic mass is 9.80. The average Bonchev–Trinajstić information content (AvgIpc) is 3.77. The first-order chi connectivity index (χ1) is 35.8. The maximum Gasteiger partial charge on any atom is 0.471 e. The molecule has 0 aliphatic carbocycles. The molecule has 1 fully saturated rings. The molecule has 4 N–H and O–H groups in total. The van der Waals surface area contributed by atoms with Crippen LogP contribution in [-0.2, 0) is 38.5 Å². The van der Waals surface area contributed by atoms with E-state index < -0.39 is 61.8 Å². The topological polar surface area (TPSA) is 228 Å². The quantitative estimate of drug-likeness (QED) is 0.0230. The zero-order chi connectivity index (χ0) is 54.7. The summed E-state index contributed by atoms with van der Waals surface area (Å²) in [5.74, 6) is -1.78. The van der Waals surface area contributed by atoms with Crippen LogP contribution in [0.25, 0.3) is 6.08 Å². The van der Waals surface area contributed by atoms with E-state index in [0.717, 1.165) is 22.8 Å². The monoisotopic (exact) mass is 1070 g/mol. The number of rotatable bonds is 28. The molecule has 0 radical (unpaired) electrons. The van der Waals surface area contributed by atoms with Crippen LogP contribution in [0.4, 0.5) is 13.2 Å². The van der Waals surface area contributed by atoms with Crippen LogP contribution in [0, 0.1) is 11.3 Å². The van der Waals surface area contributed by atoms with E-state index in [1.807, 2.05) is 107 Å². The molecule has 2 heterocycles. The molecule has 3 amide bonds. The molecule has 19 nitrogen and oxygen atoms in total. The molecule has 1 saturated heterocycles. The molecule has 1 aromatic heterocycles. The summed E-state index contributed by atoms with van der Waals surface area (Å²) in [5, 5.41) is 16.5. The number of benzene rings is 3. The summed E-state index contributed by atoms with van der Waals surface area (Å²) in [5.41, 5.74) is -0.636. The molecule has 1 aliphatic rings. The van der Waals surface area contributed by atoms with Gasteiger partial charge in [0, 0.05) is 77.0 Å². The predicted molar refractivity (Wildman–Crippen MR) is 274 cm³/mol. The van der Waals surface area contributed by atoms with E-state index in [4.69, 9.17) is 28.0 Å². The van der Waals surface area contributed by atoms with Crippen molar-refractivity contribution in [2.24, 2.45) is 0 Å². The number of aromatic amines is 1. The molecule has 5 rings (SSSR count). The highest BCUT2D eigenvalue weighted by Gasteiger charge is 2.45. The summed E-state index contributed by atoms with van der Waals surface area (Å²) < 4.78 is 79.8. The van der Waals surface area contributed by atoms with Crippen LogP contribution in [0.3, 0.4) is 0 Å². The van der Waals surface area contributed by atoms with E-state index >= 15 is 0 Å². The largest absolute Gasteiger partial charge is 0.497 e. The van der Waals surface area contributed by atoms with Gasteiger partial charge < -0.3 is 43.9 Å². The third-order valence-corrected chi connectivity index (χ3v) is 14.1. The third-order valence-electron chi connectivity index (χ3n) is 11.9. The first kappa shape index (κ1) is 59.4. The number of alkyl halides is 3. The number of ether oxygens (including phenoxy) is 4. The van der Waals surface area contributed by atoms with Crippen molar-refractivity contribution in [2.75, 3.05) is 66.7 Å². The van der Waals surface area contributed by atoms with Crippen LogP contribution in [0.15, 0.2) is 101 Å². The smallest absolute Gasteiger partial charge is 0.471 e. The third kappa shape index (κ3) is 16.8. The average molecular weight is 1070 g/mol. The molecule has 0 spiro atoms. The Labute approximate surface area is 435 Å². The minimum absolute atomic E-state index is 0.00335. The summed E-state index contributed by atoms with van der Waals surface area (Å²) in [6, 6.07) is 26.7. The van der Waals surface area contributed by atoms with Gasteiger partial charge in [0.05, 0.1) is 51.6 Å². The lowest BCUT2D eigenvalue weighted by Crippen LogP contribution is -2.44. The number of nitriles is 1. The van der Waals surface area contributed by atoms with Crippen LogP contribution in [0.1, 0.15) is 75.9 Å². The second-order valence-electron chi connectivity index (χ2n) is 17.8. The Morgan fingerprint density at radius 3 is 1.96 bits per heavy atom. The van der Waals surface area contributed by atoms with E-state index in [-0.39, 0.29) is 88.9 Å². The van der Waals surface area contributed by atoms with Gasteiger partial charge in [0.25, 0.3) is 14.1 Å². The Kier molecular flexibility index (Phi) is 22.6. The van der Waals surface area contributed by atoms with Crippen LogP contribution in [-0.4, -0.2) is 134 Å². The van der Waals surface area contributed by atoms with Gasteiger partial charge >= 0.3 is 17.8 Å². The predicted octanol–water partition coefficient (Wildman–Crippen LogP) is 5.76. The second kappa shape index (κ2) is 28.5. The SMILES string of the molecule is COc1ccc(C(OCC2OC(n3cc(/C=C/C(=O)NCCN(CCNC(C)=O)CCNC(=O)C(F)(F)F)c(=O)[nH]c3=O)CC2OP(OCCC#N)N(C(C)C)C(C)C)(c2ccccc2)c2ccc(OC)cc2)cc1. The Morgan fingerprint density at radius 1 is 0.867 bits per heavy atom. The summed E-state index contributed by atoms with van der Waals surface area (Å²) in [4.78, 5) is 66.7. The van der Waals surface area contributed by atoms with Gasteiger partial charge in [-0.2, -0.15) is 18.4 Å². The Bertz CT molecular complexity index is 2610. The normalized spacial score (nSPS) is 16.4. The summed E-state index contributed by atoms with van der Waals surface area (Å²) in [6.45, 7) is 9.45. The molecule has 4 aromatic rings. The van der Waals surface area contributed by atoms with Gasteiger partial charge in [-0.15, -0.1) is 0 Å². The van der Waals surface area contributed by atoms with Gasteiger partial charge in [0.2, 0.25) is 11.8 Å². The number of H-pyrrole nitrogens is 1. The van der Waals surface area contributed by atoms with Gasteiger partial charge in [0.15, 0.2) is 0 Å².